The second-order valence-corrected chi connectivity index (χ2v) is 7.68. The first kappa shape index (κ1) is 21.0. The minimum absolute atomic E-state index is 0.0722. The summed E-state index contributed by atoms with van der Waals surface area (Å²) in [6, 6.07) is 10.4. The Labute approximate surface area is 163 Å². The zero-order valence-corrected chi connectivity index (χ0v) is 17.2. The predicted molar refractivity (Wildman–Crippen MR) is 111 cm³/mol. The Morgan fingerprint density at radius 2 is 1.96 bits per heavy atom. The summed E-state index contributed by atoms with van der Waals surface area (Å²) in [5, 5.41) is 6.71. The van der Waals surface area contributed by atoms with E-state index in [0.717, 1.165) is 31.3 Å². The fraction of sp³-hybridized carbons (Fsp3) is 0.524. The normalized spacial score (nSPS) is 13.4. The van der Waals surface area contributed by atoms with Gasteiger partial charge in [-0.25, -0.2) is 4.98 Å². The molecule has 0 radical (unpaired) electrons. The SMILES string of the molecule is CN=C(NCCc1nccn1Cc1ccccc1)NCC(OC)C(C)(C)C. The Hall–Kier alpha value is -2.34. The van der Waals surface area contributed by atoms with Crippen LogP contribution in [0.4, 0.5) is 0 Å². The van der Waals surface area contributed by atoms with Crippen LogP contribution >= 0.6 is 0 Å². The molecule has 0 aliphatic carbocycles. The molecule has 1 aromatic heterocycles. The summed E-state index contributed by atoms with van der Waals surface area (Å²) >= 11 is 0. The molecule has 6 nitrogen and oxygen atoms in total. The molecule has 2 aromatic rings. The minimum atomic E-state index is 0.0722. The van der Waals surface area contributed by atoms with E-state index in [2.05, 4.69) is 70.2 Å². The molecule has 0 aliphatic heterocycles. The van der Waals surface area contributed by atoms with Gasteiger partial charge in [0.1, 0.15) is 5.82 Å². The molecular weight excluding hydrogens is 338 g/mol. The van der Waals surface area contributed by atoms with Gasteiger partial charge in [-0.1, -0.05) is 51.1 Å². The second kappa shape index (κ2) is 10.1. The average Bonchev–Trinajstić information content (AvgIpc) is 3.07. The molecule has 1 heterocycles. The van der Waals surface area contributed by atoms with Crippen molar-refractivity contribution >= 4 is 5.96 Å². The van der Waals surface area contributed by atoms with E-state index in [9.17, 15) is 0 Å². The fourth-order valence-electron chi connectivity index (χ4n) is 2.94. The van der Waals surface area contributed by atoms with Crippen molar-refractivity contribution in [2.24, 2.45) is 10.4 Å². The van der Waals surface area contributed by atoms with Gasteiger partial charge >= 0.3 is 0 Å². The lowest BCUT2D eigenvalue weighted by molar-refractivity contribution is 0.0205. The van der Waals surface area contributed by atoms with Crippen LogP contribution in [-0.2, 0) is 17.7 Å². The first-order valence-electron chi connectivity index (χ1n) is 9.45. The van der Waals surface area contributed by atoms with Crippen molar-refractivity contribution in [3.63, 3.8) is 0 Å². The molecule has 0 spiro atoms. The van der Waals surface area contributed by atoms with E-state index in [0.29, 0.717) is 6.54 Å². The van der Waals surface area contributed by atoms with Crippen LogP contribution in [0, 0.1) is 5.41 Å². The number of rotatable bonds is 8. The van der Waals surface area contributed by atoms with E-state index < -0.39 is 0 Å². The van der Waals surface area contributed by atoms with Gasteiger partial charge in [0.15, 0.2) is 5.96 Å². The molecule has 0 fully saturated rings. The number of benzene rings is 1. The zero-order valence-electron chi connectivity index (χ0n) is 17.2. The standard InChI is InChI=1S/C21H33N5O/c1-21(2,3)18(27-5)15-25-20(22-4)24-12-11-19-23-13-14-26(19)16-17-9-7-6-8-10-17/h6-10,13-14,18H,11-12,15-16H2,1-5H3,(H2,22,24,25). The lowest BCUT2D eigenvalue weighted by Gasteiger charge is -2.30. The number of ether oxygens (including phenoxy) is 1. The smallest absolute Gasteiger partial charge is 0.191 e. The van der Waals surface area contributed by atoms with E-state index in [1.54, 1.807) is 14.2 Å². The van der Waals surface area contributed by atoms with Crippen molar-refractivity contribution in [1.82, 2.24) is 20.2 Å². The molecule has 27 heavy (non-hydrogen) atoms. The Balaban J connectivity index is 1.82. The van der Waals surface area contributed by atoms with Crippen LogP contribution in [0.1, 0.15) is 32.2 Å². The van der Waals surface area contributed by atoms with Crippen molar-refractivity contribution in [2.75, 3.05) is 27.2 Å². The first-order valence-corrected chi connectivity index (χ1v) is 9.45. The van der Waals surface area contributed by atoms with Crippen molar-refractivity contribution in [3.05, 3.63) is 54.1 Å². The summed E-state index contributed by atoms with van der Waals surface area (Å²) in [4.78, 5) is 8.79. The highest BCUT2D eigenvalue weighted by atomic mass is 16.5. The number of guanidine groups is 1. The summed E-state index contributed by atoms with van der Waals surface area (Å²) < 4.78 is 7.77. The maximum absolute atomic E-state index is 5.59. The number of aromatic nitrogens is 2. The highest BCUT2D eigenvalue weighted by Crippen LogP contribution is 2.20. The van der Waals surface area contributed by atoms with Gasteiger partial charge in [0, 0.05) is 52.6 Å². The van der Waals surface area contributed by atoms with Gasteiger partial charge in [-0.2, -0.15) is 0 Å². The Bertz CT molecular complexity index is 703. The van der Waals surface area contributed by atoms with Crippen molar-refractivity contribution < 1.29 is 4.74 Å². The quantitative estimate of drug-likeness (QED) is 0.553. The molecule has 0 aliphatic rings. The van der Waals surface area contributed by atoms with Crippen LogP contribution in [0.25, 0.3) is 0 Å². The van der Waals surface area contributed by atoms with Gasteiger partial charge in [-0.15, -0.1) is 0 Å². The molecule has 1 aromatic carbocycles. The summed E-state index contributed by atoms with van der Waals surface area (Å²) in [5.41, 5.74) is 1.35. The van der Waals surface area contributed by atoms with Gasteiger partial charge in [-0.3, -0.25) is 4.99 Å². The van der Waals surface area contributed by atoms with E-state index in [1.165, 1.54) is 5.56 Å². The zero-order chi connectivity index (χ0) is 19.7. The fourth-order valence-corrected chi connectivity index (χ4v) is 2.94. The predicted octanol–water partition coefficient (Wildman–Crippen LogP) is 2.70. The molecule has 0 bridgehead atoms. The minimum Gasteiger partial charge on any atom is -0.379 e. The summed E-state index contributed by atoms with van der Waals surface area (Å²) in [7, 11) is 3.53. The maximum atomic E-state index is 5.59. The van der Waals surface area contributed by atoms with Gasteiger partial charge < -0.3 is 19.9 Å². The monoisotopic (exact) mass is 371 g/mol. The maximum Gasteiger partial charge on any atom is 0.191 e. The topological polar surface area (TPSA) is 63.5 Å². The lowest BCUT2D eigenvalue weighted by atomic mass is 9.89. The van der Waals surface area contributed by atoms with Crippen LogP contribution in [0.5, 0.6) is 0 Å². The Morgan fingerprint density at radius 3 is 2.59 bits per heavy atom. The number of nitrogens with one attached hydrogen (secondary N) is 2. The molecule has 0 saturated carbocycles. The molecule has 6 heteroatoms. The summed E-state index contributed by atoms with van der Waals surface area (Å²) in [5.74, 6) is 1.84. The third-order valence-electron chi connectivity index (χ3n) is 4.57. The second-order valence-electron chi connectivity index (χ2n) is 7.68. The van der Waals surface area contributed by atoms with Crippen LogP contribution < -0.4 is 10.6 Å². The number of nitrogens with zero attached hydrogens (tertiary/aromatic N) is 3. The third kappa shape index (κ3) is 6.71. The van der Waals surface area contributed by atoms with Crippen molar-refractivity contribution in [2.45, 2.75) is 39.8 Å². The number of methoxy groups -OCH3 is 1. The number of hydrogen-bond acceptors (Lipinski definition) is 3. The molecule has 0 amide bonds. The highest BCUT2D eigenvalue weighted by Gasteiger charge is 2.24. The van der Waals surface area contributed by atoms with E-state index in [1.807, 2.05) is 18.5 Å². The summed E-state index contributed by atoms with van der Waals surface area (Å²) in [6.07, 6.45) is 4.83. The van der Waals surface area contributed by atoms with Crippen LogP contribution in [0.2, 0.25) is 0 Å². The van der Waals surface area contributed by atoms with E-state index in [4.69, 9.17) is 4.74 Å². The van der Waals surface area contributed by atoms with Crippen LogP contribution in [0.3, 0.4) is 0 Å². The van der Waals surface area contributed by atoms with Crippen molar-refractivity contribution in [3.8, 4) is 0 Å². The van der Waals surface area contributed by atoms with Gasteiger partial charge in [0.2, 0.25) is 0 Å². The highest BCUT2D eigenvalue weighted by molar-refractivity contribution is 5.79. The van der Waals surface area contributed by atoms with Gasteiger partial charge in [0.05, 0.1) is 6.10 Å². The van der Waals surface area contributed by atoms with Gasteiger partial charge in [-0.05, 0) is 11.0 Å². The number of aliphatic imine (C=N–C) groups is 1. The third-order valence-corrected chi connectivity index (χ3v) is 4.57. The molecule has 2 rings (SSSR count). The molecule has 0 saturated heterocycles. The molecular formula is C21H33N5O. The first-order chi connectivity index (χ1) is 12.9. The average molecular weight is 372 g/mol. The van der Waals surface area contributed by atoms with E-state index in [-0.39, 0.29) is 11.5 Å². The van der Waals surface area contributed by atoms with E-state index >= 15 is 0 Å². The molecule has 1 unspecified atom stereocenters. The Morgan fingerprint density at radius 1 is 1.22 bits per heavy atom. The van der Waals surface area contributed by atoms with Crippen molar-refractivity contribution in [1.29, 1.82) is 0 Å². The molecule has 1 atom stereocenters. The molecule has 148 valence electrons. The Kier molecular flexibility index (Phi) is 7.85. The summed E-state index contributed by atoms with van der Waals surface area (Å²) in [6.45, 7) is 8.83. The van der Waals surface area contributed by atoms with Gasteiger partial charge in [0.25, 0.3) is 0 Å². The largest absolute Gasteiger partial charge is 0.379 e. The number of hydrogen-bond donors (Lipinski definition) is 2. The van der Waals surface area contributed by atoms with Crippen LogP contribution in [0.15, 0.2) is 47.7 Å². The molecule has 2 N–H and O–H groups in total. The number of imidazole rings is 1. The lowest BCUT2D eigenvalue weighted by Crippen LogP contribution is -2.45. The van der Waals surface area contributed by atoms with Crippen LogP contribution in [-0.4, -0.2) is 48.9 Å².